The minimum atomic E-state index is -1.23. The topological polar surface area (TPSA) is 132 Å². The summed E-state index contributed by atoms with van der Waals surface area (Å²) in [7, 11) is 0. The lowest BCUT2D eigenvalue weighted by Gasteiger charge is -1.89. The monoisotopic (exact) mass is 198 g/mol. The largest absolute Gasteiger partial charge is 0.483 e. The molecule has 4 N–H and O–H groups in total. The number of hydrogen-bond donors (Lipinski definition) is 4. The van der Waals surface area contributed by atoms with Crippen molar-refractivity contribution in [2.45, 2.75) is 20.5 Å². The fourth-order valence-corrected chi connectivity index (χ4v) is 0. The summed E-state index contributed by atoms with van der Waals surface area (Å²) in [5.74, 6) is -1.19. The molecule has 0 bridgehead atoms. The van der Waals surface area contributed by atoms with Gasteiger partial charge in [0.25, 0.3) is 12.9 Å². The van der Waals surface area contributed by atoms with Crippen molar-refractivity contribution in [3.63, 3.8) is 0 Å². The maximum atomic E-state index is 9.45. The normalized spacial score (nSPS) is 8.15. The second kappa shape index (κ2) is 22.4. The number of carbonyl (C=O) groups is 3. The molecule has 0 aliphatic rings. The van der Waals surface area contributed by atoms with E-state index in [0.717, 1.165) is 0 Å². The lowest BCUT2D eigenvalue weighted by molar-refractivity contribution is -0.145. The molecule has 0 aromatic carbocycles. The zero-order chi connectivity index (χ0) is 10.6. The predicted octanol–water partition coefficient (Wildman–Crippen LogP) is -0.510. The molecule has 7 nitrogen and oxygen atoms in total. The molecule has 0 spiro atoms. The van der Waals surface area contributed by atoms with Crippen LogP contribution in [-0.2, 0) is 14.4 Å². The van der Waals surface area contributed by atoms with E-state index in [0.29, 0.717) is 0 Å². The average molecular weight is 198 g/mol. The Bertz CT molecular complexity index is 114. The van der Waals surface area contributed by atoms with Crippen molar-refractivity contribution in [2.24, 2.45) is 0 Å². The lowest BCUT2D eigenvalue weighted by Crippen LogP contribution is -2.13. The van der Waals surface area contributed by atoms with E-state index in [9.17, 15) is 4.79 Å². The number of aliphatic hydroxyl groups is 1. The van der Waals surface area contributed by atoms with Gasteiger partial charge in [0.1, 0.15) is 6.10 Å². The standard InChI is InChI=1S/C3H6O3.2CH2O2.CH4/c1-2(4)3(5)6;2*2-1-3;/h2,4H,1H3,(H,5,6);2*1H,(H,2,3);1H4/t2-;;;/m0.../s1. The van der Waals surface area contributed by atoms with Crippen molar-refractivity contribution < 1.29 is 34.8 Å². The van der Waals surface area contributed by atoms with Crippen LogP contribution in [0.3, 0.4) is 0 Å². The first-order chi connectivity index (χ1) is 5.47. The van der Waals surface area contributed by atoms with Crippen LogP contribution in [0.1, 0.15) is 14.4 Å². The van der Waals surface area contributed by atoms with Gasteiger partial charge in [-0.1, -0.05) is 7.43 Å². The molecule has 0 aliphatic heterocycles. The number of hydrogen-bond acceptors (Lipinski definition) is 4. The summed E-state index contributed by atoms with van der Waals surface area (Å²) < 4.78 is 0. The van der Waals surface area contributed by atoms with Gasteiger partial charge in [0.05, 0.1) is 0 Å². The molecule has 0 unspecified atom stereocenters. The highest BCUT2D eigenvalue weighted by molar-refractivity contribution is 5.71. The lowest BCUT2D eigenvalue weighted by atomic mass is 10.4. The highest BCUT2D eigenvalue weighted by atomic mass is 16.4. The number of rotatable bonds is 1. The molecule has 80 valence electrons. The Balaban J connectivity index is -0.0000000501. The third-order valence-electron chi connectivity index (χ3n) is 0.357. The number of carboxylic acids is 1. The second-order valence-electron chi connectivity index (χ2n) is 1.23. The molecule has 0 saturated heterocycles. The predicted molar refractivity (Wildman–Crippen MR) is 43.4 cm³/mol. The van der Waals surface area contributed by atoms with Gasteiger partial charge in [0.2, 0.25) is 0 Å². The van der Waals surface area contributed by atoms with E-state index in [1.54, 1.807) is 0 Å². The zero-order valence-corrected chi connectivity index (χ0v) is 6.25. The minimum Gasteiger partial charge on any atom is -0.483 e. The van der Waals surface area contributed by atoms with E-state index in [-0.39, 0.29) is 20.4 Å². The molecule has 0 fully saturated rings. The van der Waals surface area contributed by atoms with Gasteiger partial charge < -0.3 is 20.4 Å². The van der Waals surface area contributed by atoms with Crippen LogP contribution in [0.5, 0.6) is 0 Å². The van der Waals surface area contributed by atoms with Crippen LogP contribution in [0.25, 0.3) is 0 Å². The van der Waals surface area contributed by atoms with E-state index in [1.165, 1.54) is 6.92 Å². The van der Waals surface area contributed by atoms with Crippen molar-refractivity contribution in [1.82, 2.24) is 0 Å². The minimum absolute atomic E-state index is 0. The van der Waals surface area contributed by atoms with Gasteiger partial charge in [-0.3, -0.25) is 9.59 Å². The first-order valence-corrected chi connectivity index (χ1v) is 2.54. The second-order valence-corrected chi connectivity index (χ2v) is 1.23. The highest BCUT2D eigenvalue weighted by Gasteiger charge is 2.01. The molecule has 0 amide bonds. The van der Waals surface area contributed by atoms with Gasteiger partial charge in [0.15, 0.2) is 0 Å². The molecule has 7 heteroatoms. The molecule has 0 rings (SSSR count). The van der Waals surface area contributed by atoms with Gasteiger partial charge in [-0.2, -0.15) is 0 Å². The third-order valence-corrected chi connectivity index (χ3v) is 0.357. The van der Waals surface area contributed by atoms with Gasteiger partial charge in [-0.05, 0) is 6.92 Å². The molecule has 0 radical (unpaired) electrons. The van der Waals surface area contributed by atoms with Gasteiger partial charge in [-0.15, -0.1) is 0 Å². The Hall–Kier alpha value is -1.63. The number of aliphatic hydroxyl groups excluding tert-OH is 1. The van der Waals surface area contributed by atoms with Crippen molar-refractivity contribution in [3.05, 3.63) is 0 Å². The Morgan fingerprint density at radius 3 is 1.31 bits per heavy atom. The Kier molecular flexibility index (Phi) is 38.9. The van der Waals surface area contributed by atoms with E-state index >= 15 is 0 Å². The molecule has 0 saturated carbocycles. The van der Waals surface area contributed by atoms with E-state index in [1.807, 2.05) is 0 Å². The van der Waals surface area contributed by atoms with E-state index in [2.05, 4.69) is 0 Å². The molecule has 1 atom stereocenters. The summed E-state index contributed by atoms with van der Waals surface area (Å²) >= 11 is 0. The Morgan fingerprint density at radius 1 is 1.23 bits per heavy atom. The molecule has 0 aromatic rings. The first kappa shape index (κ1) is 22.5. The zero-order valence-electron chi connectivity index (χ0n) is 6.25. The Morgan fingerprint density at radius 2 is 1.31 bits per heavy atom. The fourth-order valence-electron chi connectivity index (χ4n) is 0. The van der Waals surface area contributed by atoms with Crippen LogP contribution < -0.4 is 0 Å². The van der Waals surface area contributed by atoms with Crippen LogP contribution in [0, 0.1) is 0 Å². The van der Waals surface area contributed by atoms with Crippen LogP contribution in [0.15, 0.2) is 0 Å². The van der Waals surface area contributed by atoms with Crippen LogP contribution in [-0.4, -0.2) is 45.4 Å². The van der Waals surface area contributed by atoms with Crippen molar-refractivity contribution >= 4 is 18.9 Å². The fraction of sp³-hybridized carbons (Fsp3) is 0.500. The molecule has 0 heterocycles. The molecule has 0 aliphatic carbocycles. The van der Waals surface area contributed by atoms with Crippen molar-refractivity contribution in [3.8, 4) is 0 Å². The first-order valence-electron chi connectivity index (χ1n) is 2.54. The van der Waals surface area contributed by atoms with Crippen molar-refractivity contribution in [1.29, 1.82) is 0 Å². The van der Waals surface area contributed by atoms with Crippen molar-refractivity contribution in [2.75, 3.05) is 0 Å². The SMILES string of the molecule is C.C[C@H](O)C(=O)O.O=CO.O=CO. The quantitative estimate of drug-likeness (QED) is 0.417. The summed E-state index contributed by atoms with van der Waals surface area (Å²) in [5.41, 5.74) is 0. The average Bonchev–Trinajstić information content (AvgIpc) is 1.90. The summed E-state index contributed by atoms with van der Waals surface area (Å²) in [6, 6.07) is 0. The molecular formula is C6H14O7. The van der Waals surface area contributed by atoms with Crippen LogP contribution in [0.4, 0.5) is 0 Å². The van der Waals surface area contributed by atoms with Crippen LogP contribution in [0.2, 0.25) is 0 Å². The smallest absolute Gasteiger partial charge is 0.332 e. The van der Waals surface area contributed by atoms with E-state index < -0.39 is 12.1 Å². The summed E-state index contributed by atoms with van der Waals surface area (Å²) in [6.07, 6.45) is -1.23. The summed E-state index contributed by atoms with van der Waals surface area (Å²) in [5, 5.41) is 29.5. The van der Waals surface area contributed by atoms with Gasteiger partial charge in [0, 0.05) is 0 Å². The van der Waals surface area contributed by atoms with Gasteiger partial charge in [-0.25, -0.2) is 4.79 Å². The Labute approximate surface area is 75.2 Å². The molecule has 0 aromatic heterocycles. The maximum absolute atomic E-state index is 9.45. The highest BCUT2D eigenvalue weighted by Crippen LogP contribution is 1.73. The maximum Gasteiger partial charge on any atom is 0.332 e. The summed E-state index contributed by atoms with van der Waals surface area (Å²) in [4.78, 5) is 26.2. The van der Waals surface area contributed by atoms with E-state index in [4.69, 9.17) is 30.0 Å². The third kappa shape index (κ3) is 129. The number of aliphatic carboxylic acids is 1. The van der Waals surface area contributed by atoms with Crippen LogP contribution >= 0.6 is 0 Å². The van der Waals surface area contributed by atoms with Gasteiger partial charge >= 0.3 is 5.97 Å². The molecular weight excluding hydrogens is 184 g/mol. The molecule has 13 heavy (non-hydrogen) atoms. The number of carboxylic acid groups (broad SMARTS) is 3. The summed E-state index contributed by atoms with van der Waals surface area (Å²) in [6.45, 7) is 0.697.